The van der Waals surface area contributed by atoms with Crippen LogP contribution in [0.3, 0.4) is 0 Å². The molecule has 0 aliphatic rings. The van der Waals surface area contributed by atoms with E-state index in [1.807, 2.05) is 32.9 Å². The van der Waals surface area contributed by atoms with E-state index in [9.17, 15) is 19.2 Å². The predicted octanol–water partition coefficient (Wildman–Crippen LogP) is 4.53. The van der Waals surface area contributed by atoms with Crippen LogP contribution in [0.15, 0.2) is 53.3 Å². The summed E-state index contributed by atoms with van der Waals surface area (Å²) in [6.07, 6.45) is 1.37. The van der Waals surface area contributed by atoms with Crippen LogP contribution in [0.25, 0.3) is 4.96 Å². The van der Waals surface area contributed by atoms with Gasteiger partial charge in [-0.1, -0.05) is 36.8 Å². The van der Waals surface area contributed by atoms with Crippen molar-refractivity contribution in [2.24, 2.45) is 0 Å². The molecule has 0 saturated carbocycles. The number of aromatic nitrogens is 2. The van der Waals surface area contributed by atoms with Crippen LogP contribution < -0.4 is 16.2 Å². The van der Waals surface area contributed by atoms with Crippen LogP contribution in [0.4, 0.5) is 11.4 Å². The lowest BCUT2D eigenvalue weighted by Crippen LogP contribution is -2.25. The number of hydrogen-bond acceptors (Lipinski definition) is 6. The van der Waals surface area contributed by atoms with Crippen molar-refractivity contribution in [2.45, 2.75) is 33.6 Å². The topological polar surface area (TPSA) is 130 Å². The van der Waals surface area contributed by atoms with E-state index < -0.39 is 23.3 Å². The quantitative estimate of drug-likeness (QED) is 0.339. The molecule has 184 valence electrons. The summed E-state index contributed by atoms with van der Waals surface area (Å²) in [6.45, 7) is 5.78. The highest BCUT2D eigenvalue weighted by atomic mass is 32.1. The minimum absolute atomic E-state index is 0.0359. The van der Waals surface area contributed by atoms with Gasteiger partial charge < -0.3 is 15.7 Å². The maximum absolute atomic E-state index is 13.4. The number of carbonyl (C=O) groups excluding carboxylic acids is 2. The van der Waals surface area contributed by atoms with Gasteiger partial charge in [0.05, 0.1) is 5.56 Å². The molecule has 0 spiro atoms. The Labute approximate surface area is 210 Å². The van der Waals surface area contributed by atoms with E-state index >= 15 is 0 Å². The Kier molecular flexibility index (Phi) is 6.98. The third-order valence-corrected chi connectivity index (χ3v) is 6.78. The van der Waals surface area contributed by atoms with Gasteiger partial charge in [0.1, 0.15) is 10.6 Å². The monoisotopic (exact) mass is 504 g/mol. The highest BCUT2D eigenvalue weighted by Gasteiger charge is 2.27. The average Bonchev–Trinajstić information content (AvgIpc) is 3.23. The minimum Gasteiger partial charge on any atom is -0.478 e. The van der Waals surface area contributed by atoms with Crippen LogP contribution in [-0.2, 0) is 6.42 Å². The second kappa shape index (κ2) is 10.1. The number of carboxylic acid groups (broad SMARTS) is 1. The predicted molar refractivity (Wildman–Crippen MR) is 139 cm³/mol. The number of carbonyl (C=O) groups is 3. The molecule has 0 fully saturated rings. The molecule has 2 aromatic carbocycles. The Morgan fingerprint density at radius 1 is 1.03 bits per heavy atom. The van der Waals surface area contributed by atoms with Crippen molar-refractivity contribution in [3.05, 3.63) is 91.8 Å². The second-order valence-electron chi connectivity index (χ2n) is 8.27. The normalized spacial score (nSPS) is 10.9. The van der Waals surface area contributed by atoms with Gasteiger partial charge in [-0.3, -0.25) is 14.4 Å². The lowest BCUT2D eigenvalue weighted by Gasteiger charge is -2.11. The number of hydrogen-bond donors (Lipinski definition) is 3. The van der Waals surface area contributed by atoms with Crippen molar-refractivity contribution in [1.29, 1.82) is 0 Å². The van der Waals surface area contributed by atoms with Gasteiger partial charge >= 0.3 is 5.97 Å². The minimum atomic E-state index is -1.09. The Bertz CT molecular complexity index is 1550. The Morgan fingerprint density at radius 2 is 1.75 bits per heavy atom. The molecular formula is C26H24N4O5S. The number of anilines is 2. The maximum atomic E-state index is 13.4. The molecule has 36 heavy (non-hydrogen) atoms. The Hall–Kier alpha value is -4.31. The fraction of sp³-hybridized carbons (Fsp3) is 0.192. The molecule has 4 aromatic rings. The number of fused-ring (bicyclic) bond motifs is 1. The van der Waals surface area contributed by atoms with Crippen molar-refractivity contribution in [3.8, 4) is 0 Å². The van der Waals surface area contributed by atoms with Crippen LogP contribution >= 0.6 is 11.3 Å². The van der Waals surface area contributed by atoms with Crippen molar-refractivity contribution in [1.82, 2.24) is 9.38 Å². The van der Waals surface area contributed by atoms with Crippen molar-refractivity contribution >= 4 is 45.5 Å². The lowest BCUT2D eigenvalue weighted by atomic mass is 10.1. The number of aromatic carboxylic acids is 1. The molecule has 2 aromatic heterocycles. The van der Waals surface area contributed by atoms with Gasteiger partial charge in [-0.25, -0.2) is 14.2 Å². The van der Waals surface area contributed by atoms with Crippen LogP contribution in [0.5, 0.6) is 0 Å². The number of nitrogens with zero attached hydrogens (tertiary/aromatic N) is 2. The first kappa shape index (κ1) is 24.8. The van der Waals surface area contributed by atoms with Crippen LogP contribution in [0.1, 0.15) is 60.7 Å². The molecule has 2 heterocycles. The molecule has 3 N–H and O–H groups in total. The molecule has 4 rings (SSSR count). The molecule has 10 heteroatoms. The van der Waals surface area contributed by atoms with E-state index in [4.69, 9.17) is 5.11 Å². The average molecular weight is 505 g/mol. The molecule has 9 nitrogen and oxygen atoms in total. The van der Waals surface area contributed by atoms with Crippen LogP contribution in [-0.4, -0.2) is 32.3 Å². The lowest BCUT2D eigenvalue weighted by molar-refractivity contribution is 0.0696. The number of rotatable bonds is 7. The van der Waals surface area contributed by atoms with Crippen molar-refractivity contribution in [2.75, 3.05) is 10.6 Å². The molecule has 2 amide bonds. The zero-order valence-electron chi connectivity index (χ0n) is 19.9. The smallest absolute Gasteiger partial charge is 0.335 e. The molecule has 0 unspecified atom stereocenters. The van der Waals surface area contributed by atoms with Gasteiger partial charge in [0.25, 0.3) is 17.4 Å². The number of amides is 2. The number of carboxylic acids is 1. The molecule has 0 bridgehead atoms. The van der Waals surface area contributed by atoms with E-state index in [1.165, 1.54) is 30.3 Å². The number of aryl methyl sites for hydroxylation is 2. The van der Waals surface area contributed by atoms with E-state index in [0.29, 0.717) is 23.5 Å². The van der Waals surface area contributed by atoms with Gasteiger partial charge in [0.2, 0.25) is 0 Å². The highest BCUT2D eigenvalue weighted by Crippen LogP contribution is 2.26. The number of nitrogens with one attached hydrogen (secondary N) is 2. The maximum Gasteiger partial charge on any atom is 0.335 e. The van der Waals surface area contributed by atoms with Gasteiger partial charge in [-0.15, -0.1) is 0 Å². The number of benzene rings is 2. The molecule has 0 aliphatic heterocycles. The number of thiazole rings is 1. The summed E-state index contributed by atoms with van der Waals surface area (Å²) in [4.78, 5) is 55.7. The zero-order valence-corrected chi connectivity index (χ0v) is 20.7. The van der Waals surface area contributed by atoms with E-state index in [0.717, 1.165) is 33.3 Å². The summed E-state index contributed by atoms with van der Waals surface area (Å²) in [5, 5.41) is 14.6. The summed E-state index contributed by atoms with van der Waals surface area (Å²) in [5.74, 6) is -2.33. The van der Waals surface area contributed by atoms with Gasteiger partial charge in [-0.2, -0.15) is 0 Å². The molecule has 0 atom stereocenters. The SMILES string of the molecule is CCCc1cc(=O)n2c(C(=O)Nc3ccc(C(=O)O)cc3)c(C(=O)Nc3cccc(C)c3C)sc2n1. The van der Waals surface area contributed by atoms with E-state index in [-0.39, 0.29) is 21.1 Å². The third kappa shape index (κ3) is 4.89. The van der Waals surface area contributed by atoms with Gasteiger partial charge in [-0.05, 0) is 61.7 Å². The zero-order chi connectivity index (χ0) is 26.0. The van der Waals surface area contributed by atoms with Gasteiger partial charge in [0.15, 0.2) is 4.96 Å². The van der Waals surface area contributed by atoms with Crippen molar-refractivity contribution < 1.29 is 19.5 Å². The summed E-state index contributed by atoms with van der Waals surface area (Å²) in [5.41, 5.74) is 2.84. The van der Waals surface area contributed by atoms with Crippen LogP contribution in [0, 0.1) is 13.8 Å². The fourth-order valence-electron chi connectivity index (χ4n) is 3.72. The first-order valence-electron chi connectivity index (χ1n) is 11.3. The molecule has 0 aliphatic carbocycles. The summed E-state index contributed by atoms with van der Waals surface area (Å²) < 4.78 is 1.14. The van der Waals surface area contributed by atoms with Crippen LogP contribution in [0.2, 0.25) is 0 Å². The Morgan fingerprint density at radius 3 is 2.42 bits per heavy atom. The van der Waals surface area contributed by atoms with Crippen molar-refractivity contribution in [3.63, 3.8) is 0 Å². The molecule has 0 saturated heterocycles. The Balaban J connectivity index is 1.79. The largest absolute Gasteiger partial charge is 0.478 e. The van der Waals surface area contributed by atoms with Gasteiger partial charge in [0, 0.05) is 23.1 Å². The summed E-state index contributed by atoms with van der Waals surface area (Å²) >= 11 is 0.962. The first-order chi connectivity index (χ1) is 17.2. The van der Waals surface area contributed by atoms with E-state index in [2.05, 4.69) is 15.6 Å². The summed E-state index contributed by atoms with van der Waals surface area (Å²) in [7, 11) is 0. The molecular weight excluding hydrogens is 480 g/mol. The standard InChI is InChI=1S/C26H24N4O5S/c1-4-6-18-13-20(31)30-21(23(32)27-17-11-9-16(10-12-17)25(34)35)22(36-26(30)28-18)24(33)29-19-8-5-7-14(2)15(19)3/h5,7-13H,4,6H2,1-3H3,(H,27,32)(H,29,33)(H,34,35). The fourth-order valence-corrected chi connectivity index (χ4v) is 4.76. The summed E-state index contributed by atoms with van der Waals surface area (Å²) in [6, 6.07) is 12.5. The third-order valence-electron chi connectivity index (χ3n) is 5.74. The highest BCUT2D eigenvalue weighted by molar-refractivity contribution is 7.19. The second-order valence-corrected chi connectivity index (χ2v) is 9.25. The van der Waals surface area contributed by atoms with E-state index in [1.54, 1.807) is 6.07 Å². The molecule has 0 radical (unpaired) electrons. The first-order valence-corrected chi connectivity index (χ1v) is 12.1.